The Balaban J connectivity index is 1.85. The molecule has 0 spiro atoms. The molecule has 1 aliphatic carbocycles. The summed E-state index contributed by atoms with van der Waals surface area (Å²) in [5.41, 5.74) is 3.10. The van der Waals surface area contributed by atoms with Crippen molar-refractivity contribution in [2.75, 3.05) is 13.1 Å². The second-order valence-electron chi connectivity index (χ2n) is 15.3. The standard InChI is InChI=1S/C31H47F3N6O6/c1-28(2,3)21(25(44)39-13-9-10-14-39)37-27(46)38-22(29(4,5)6)26(45)40-15-16-18(30(16,7)8)19(40)24(43)36-17(20(41)23(35)42)11-12-31(32,33)34/h9,13,16-19,21-22H,10-12,14-15H2,1-8H3,(H2,35,42)(H,36,43)(H2,37,38,46)/t16-,17?,18-,19-,21+,22+/m0/s1. The van der Waals surface area contributed by atoms with Crippen LogP contribution >= 0.6 is 0 Å². The van der Waals surface area contributed by atoms with Gasteiger partial charge in [-0.1, -0.05) is 61.5 Å². The lowest BCUT2D eigenvalue weighted by Crippen LogP contribution is -2.63. The average molecular weight is 657 g/mol. The zero-order valence-corrected chi connectivity index (χ0v) is 27.7. The van der Waals surface area contributed by atoms with E-state index in [1.54, 1.807) is 47.7 Å². The van der Waals surface area contributed by atoms with E-state index in [0.717, 1.165) is 0 Å². The van der Waals surface area contributed by atoms with Crippen LogP contribution in [0, 0.1) is 28.1 Å². The summed E-state index contributed by atoms with van der Waals surface area (Å²) in [7, 11) is 0. The summed E-state index contributed by atoms with van der Waals surface area (Å²) < 4.78 is 38.9. The molecule has 1 unspecified atom stereocenters. The number of amides is 6. The van der Waals surface area contributed by atoms with Gasteiger partial charge in [-0.05, 0) is 40.9 Å². The van der Waals surface area contributed by atoms with E-state index in [1.807, 2.05) is 19.9 Å². The third-order valence-corrected chi connectivity index (χ3v) is 9.23. The molecule has 5 N–H and O–H groups in total. The maximum atomic E-state index is 14.2. The second kappa shape index (κ2) is 12.9. The topological polar surface area (TPSA) is 171 Å². The lowest BCUT2D eigenvalue weighted by atomic mass is 9.84. The molecule has 0 aromatic heterocycles. The zero-order chi connectivity index (χ0) is 35.2. The van der Waals surface area contributed by atoms with Crippen molar-refractivity contribution in [2.45, 2.75) is 105 Å². The molecule has 2 aliphatic heterocycles. The zero-order valence-electron chi connectivity index (χ0n) is 27.7. The monoisotopic (exact) mass is 656 g/mol. The Morgan fingerprint density at radius 1 is 0.913 bits per heavy atom. The van der Waals surface area contributed by atoms with Crippen LogP contribution in [0.2, 0.25) is 0 Å². The van der Waals surface area contributed by atoms with Gasteiger partial charge in [-0.15, -0.1) is 0 Å². The average Bonchev–Trinajstić information content (AvgIpc) is 3.36. The molecule has 6 amide bonds. The maximum absolute atomic E-state index is 14.2. The van der Waals surface area contributed by atoms with Crippen LogP contribution in [0.5, 0.6) is 0 Å². The van der Waals surface area contributed by atoms with E-state index in [-0.39, 0.29) is 29.7 Å². The molecule has 15 heteroatoms. The molecule has 0 bridgehead atoms. The summed E-state index contributed by atoms with van der Waals surface area (Å²) >= 11 is 0. The van der Waals surface area contributed by atoms with E-state index in [1.165, 1.54) is 9.80 Å². The molecule has 258 valence electrons. The number of fused-ring (bicyclic) bond motifs is 1. The lowest BCUT2D eigenvalue weighted by Gasteiger charge is -2.38. The van der Waals surface area contributed by atoms with Gasteiger partial charge in [0.05, 0.1) is 6.04 Å². The molecule has 2 heterocycles. The third kappa shape index (κ3) is 8.19. The van der Waals surface area contributed by atoms with Gasteiger partial charge < -0.3 is 31.5 Å². The van der Waals surface area contributed by atoms with Crippen molar-refractivity contribution < 1.29 is 41.9 Å². The van der Waals surface area contributed by atoms with Crippen LogP contribution in [-0.2, 0) is 24.0 Å². The van der Waals surface area contributed by atoms with E-state index in [9.17, 15) is 41.9 Å². The summed E-state index contributed by atoms with van der Waals surface area (Å²) in [6, 6.07) is -5.89. The first-order chi connectivity index (χ1) is 20.9. The molecule has 6 atom stereocenters. The Kier molecular flexibility index (Phi) is 10.3. The summed E-state index contributed by atoms with van der Waals surface area (Å²) in [5.74, 6) is -5.18. The van der Waals surface area contributed by atoms with Crippen LogP contribution in [0.4, 0.5) is 18.0 Å². The first-order valence-corrected chi connectivity index (χ1v) is 15.4. The van der Waals surface area contributed by atoms with Gasteiger partial charge in [-0.2, -0.15) is 13.2 Å². The molecular formula is C31H47F3N6O6. The number of ketones is 1. The van der Waals surface area contributed by atoms with Gasteiger partial charge in [0.2, 0.25) is 23.5 Å². The fourth-order valence-corrected chi connectivity index (χ4v) is 6.43. The van der Waals surface area contributed by atoms with Crippen LogP contribution in [0.15, 0.2) is 12.3 Å². The summed E-state index contributed by atoms with van der Waals surface area (Å²) in [4.78, 5) is 81.2. The van der Waals surface area contributed by atoms with Crippen LogP contribution in [0.1, 0.15) is 74.7 Å². The van der Waals surface area contributed by atoms with Gasteiger partial charge in [0.15, 0.2) is 0 Å². The van der Waals surface area contributed by atoms with Gasteiger partial charge >= 0.3 is 12.2 Å². The molecule has 2 fully saturated rings. The molecular weight excluding hydrogens is 609 g/mol. The van der Waals surface area contributed by atoms with Crippen molar-refractivity contribution in [2.24, 2.45) is 33.8 Å². The molecule has 46 heavy (non-hydrogen) atoms. The number of carbonyl (C=O) groups excluding carboxylic acids is 6. The van der Waals surface area contributed by atoms with Gasteiger partial charge in [0.1, 0.15) is 18.1 Å². The highest BCUT2D eigenvalue weighted by molar-refractivity contribution is 6.37. The molecule has 1 saturated carbocycles. The maximum Gasteiger partial charge on any atom is 0.389 e. The van der Waals surface area contributed by atoms with E-state index < -0.39 is 83.6 Å². The summed E-state index contributed by atoms with van der Waals surface area (Å²) in [6.07, 6.45) is -2.80. The lowest BCUT2D eigenvalue weighted by molar-refractivity contribution is -0.147. The number of nitrogens with two attached hydrogens (primary N) is 1. The summed E-state index contributed by atoms with van der Waals surface area (Å²) in [6.45, 7) is 14.9. The molecule has 3 rings (SSSR count). The smallest absolute Gasteiger partial charge is 0.363 e. The Hall–Kier alpha value is -3.65. The highest BCUT2D eigenvalue weighted by atomic mass is 19.4. The number of primary amides is 1. The number of nitrogens with zero attached hydrogens (tertiary/aromatic N) is 2. The molecule has 12 nitrogen and oxygen atoms in total. The van der Waals surface area contributed by atoms with Crippen LogP contribution in [-0.4, -0.2) is 88.7 Å². The van der Waals surface area contributed by atoms with Crippen LogP contribution < -0.4 is 21.7 Å². The van der Waals surface area contributed by atoms with Crippen LogP contribution in [0.3, 0.4) is 0 Å². The SMILES string of the molecule is CC(C)(C)[C@H](NC(=O)N[C@H](C(=O)N1C[C@H]2[C@@H]([C@H]1C(=O)NC(CCC(F)(F)F)C(=O)C(N)=O)C2(C)C)C(C)(C)C)C(=O)N1C=CCC1. The van der Waals surface area contributed by atoms with Crippen molar-refractivity contribution in [3.8, 4) is 0 Å². The van der Waals surface area contributed by atoms with Crippen molar-refractivity contribution >= 4 is 35.4 Å². The second-order valence-corrected chi connectivity index (χ2v) is 15.3. The number of likely N-dealkylation sites (tertiary alicyclic amines) is 1. The van der Waals surface area contributed by atoms with Gasteiger partial charge in [-0.25, -0.2) is 4.79 Å². The van der Waals surface area contributed by atoms with Crippen molar-refractivity contribution in [3.63, 3.8) is 0 Å². The molecule has 0 radical (unpaired) electrons. The predicted molar refractivity (Wildman–Crippen MR) is 161 cm³/mol. The highest BCUT2D eigenvalue weighted by Gasteiger charge is 2.70. The molecule has 0 aromatic carbocycles. The van der Waals surface area contributed by atoms with Gasteiger partial charge in [0, 0.05) is 25.7 Å². The number of nitrogens with one attached hydrogen (secondary N) is 3. The van der Waals surface area contributed by atoms with Crippen molar-refractivity contribution in [1.29, 1.82) is 0 Å². The van der Waals surface area contributed by atoms with E-state index in [2.05, 4.69) is 16.0 Å². The Bertz CT molecular complexity index is 1280. The molecule has 0 aromatic rings. The number of Topliss-reactive ketones (excluding diaryl/α,β-unsaturated/α-hetero) is 1. The van der Waals surface area contributed by atoms with E-state index in [0.29, 0.717) is 13.0 Å². The number of halogens is 3. The fourth-order valence-electron chi connectivity index (χ4n) is 6.43. The number of hydrogen-bond donors (Lipinski definition) is 4. The Morgan fingerprint density at radius 2 is 1.46 bits per heavy atom. The van der Waals surface area contributed by atoms with Gasteiger partial charge in [-0.3, -0.25) is 24.0 Å². The van der Waals surface area contributed by atoms with E-state index in [4.69, 9.17) is 5.73 Å². The van der Waals surface area contributed by atoms with E-state index >= 15 is 0 Å². The quantitative estimate of drug-likeness (QED) is 0.263. The van der Waals surface area contributed by atoms with Gasteiger partial charge in [0.25, 0.3) is 5.91 Å². The minimum absolute atomic E-state index is 0.126. The Morgan fingerprint density at radius 3 is 1.91 bits per heavy atom. The molecule has 3 aliphatic rings. The highest BCUT2D eigenvalue weighted by Crippen LogP contribution is 2.65. The minimum atomic E-state index is -4.66. The fraction of sp³-hybridized carbons (Fsp3) is 0.742. The first kappa shape index (κ1) is 36.8. The summed E-state index contributed by atoms with van der Waals surface area (Å²) in [5, 5.41) is 7.69. The number of carbonyl (C=O) groups is 6. The van der Waals surface area contributed by atoms with Crippen molar-refractivity contribution in [3.05, 3.63) is 12.3 Å². The molecule has 1 saturated heterocycles. The number of urea groups is 1. The normalized spacial score (nSPS) is 24.0. The predicted octanol–water partition coefficient (Wildman–Crippen LogP) is 2.23. The number of hydrogen-bond acceptors (Lipinski definition) is 6. The third-order valence-electron chi connectivity index (χ3n) is 9.23. The largest absolute Gasteiger partial charge is 0.389 e. The first-order valence-electron chi connectivity index (χ1n) is 15.4. The minimum Gasteiger partial charge on any atom is -0.363 e. The number of piperidine rings is 1. The van der Waals surface area contributed by atoms with Crippen LogP contribution in [0.25, 0.3) is 0 Å². The number of rotatable bonds is 10. The van der Waals surface area contributed by atoms with Crippen molar-refractivity contribution in [1.82, 2.24) is 25.8 Å². The number of alkyl halides is 3. The Labute approximate surface area is 267 Å².